The Bertz CT molecular complexity index is 3420. The number of carboxylic acid groups (broad SMARTS) is 1. The van der Waals surface area contributed by atoms with E-state index in [1.807, 2.05) is 16.3 Å². The molecule has 8 heterocycles. The van der Waals surface area contributed by atoms with Gasteiger partial charge in [-0.05, 0) is 12.0 Å². The Hall–Kier alpha value is -5.03. The fourth-order valence-electron chi connectivity index (χ4n) is 14.2. The molecule has 127 heavy (non-hydrogen) atoms. The maximum Gasteiger partial charge on any atom is 1.00 e. The van der Waals surface area contributed by atoms with Crippen LogP contribution >= 0.6 is 0 Å². The van der Waals surface area contributed by atoms with Crippen LogP contribution in [0.1, 0.15) is 55.4 Å². The number of nitrogens with two attached hydrogens (primary N) is 1. The molecule has 0 aromatic rings. The van der Waals surface area contributed by atoms with Crippen LogP contribution in [0.4, 0.5) is 9.59 Å². The minimum absolute atomic E-state index is 0. The van der Waals surface area contributed by atoms with Gasteiger partial charge in [-0.15, -0.1) is 0 Å². The van der Waals surface area contributed by atoms with E-state index in [1.165, 1.54) is 76.9 Å². The molecule has 0 saturated carbocycles. The number of urea groups is 2. The van der Waals surface area contributed by atoms with Gasteiger partial charge in [-0.25, -0.2) is 38.0 Å². The zero-order chi connectivity index (χ0) is 91.9. The number of hydrazone groups is 1. The number of carbonyl (C=O) groups is 9. The van der Waals surface area contributed by atoms with Crippen LogP contribution in [0.3, 0.4) is 0 Å². The van der Waals surface area contributed by atoms with Gasteiger partial charge in [0.25, 0.3) is 11.8 Å². The summed E-state index contributed by atoms with van der Waals surface area (Å²) in [6.07, 6.45) is -41.7. The predicted molar refractivity (Wildman–Crippen MR) is 398 cm³/mol. The number of ether oxygens (including phenoxy) is 18. The predicted octanol–water partition coefficient (Wildman–Crippen LogP) is -22.5. The number of nitrogens with one attached hydrogen (secondary N) is 9. The van der Waals surface area contributed by atoms with Gasteiger partial charge in [0.15, 0.2) is 50.3 Å². The molecule has 8 aliphatic heterocycles. The Morgan fingerprint density at radius 3 is 1.10 bits per heavy atom. The van der Waals surface area contributed by atoms with Crippen molar-refractivity contribution in [1.29, 1.82) is 0 Å². The number of nitrogens with zero attached hydrogens (tertiary/aromatic N) is 1. The second-order valence-electron chi connectivity index (χ2n) is 29.6. The Balaban J connectivity index is 0.000000686. The van der Waals surface area contributed by atoms with Gasteiger partial charge in [-0.1, -0.05) is 34.6 Å². The second-order valence-corrected chi connectivity index (χ2v) is 29.6. The summed E-state index contributed by atoms with van der Waals surface area (Å²) in [5.41, 5.74) is 11.9. The molecule has 722 valence electrons. The first kappa shape index (κ1) is 118. The van der Waals surface area contributed by atoms with E-state index in [4.69, 9.17) is 91.1 Å². The molecule has 40 atom stereocenters. The normalized spacial score (nSPS) is 39.9. The summed E-state index contributed by atoms with van der Waals surface area (Å²) in [6, 6.07) is -5.36. The number of rotatable bonds is 30. The molecule has 0 bridgehead atoms. The van der Waals surface area contributed by atoms with Crippen LogP contribution in [0.2, 0.25) is 0 Å². The molecule has 0 radical (unpaired) electrons. The topological polar surface area (TPSA) is 851 Å². The summed E-state index contributed by atoms with van der Waals surface area (Å²) >= 11 is 0. The van der Waals surface area contributed by atoms with Crippen molar-refractivity contribution in [2.45, 2.75) is 270 Å². The molecule has 8 saturated heterocycles. The average molecular weight is 1870 g/mol. The van der Waals surface area contributed by atoms with Crippen molar-refractivity contribution < 1.29 is 280 Å². The third-order valence-corrected chi connectivity index (χ3v) is 21.1. The fraction of sp³-hybridized carbons (Fsp3) is 0.841. The van der Waals surface area contributed by atoms with Crippen LogP contribution in [0.15, 0.2) is 5.10 Å². The number of methoxy groups -OCH3 is 4. The summed E-state index contributed by atoms with van der Waals surface area (Å²) in [4.78, 5) is 118. The molecule has 58 heteroatoms. The van der Waals surface area contributed by atoms with E-state index >= 15 is 0 Å². The van der Waals surface area contributed by atoms with Crippen molar-refractivity contribution >= 4 is 66.4 Å². The van der Waals surface area contributed by atoms with E-state index in [0.717, 1.165) is 6.21 Å². The third kappa shape index (κ3) is 31.0. The zero-order valence-electron chi connectivity index (χ0n) is 71.6. The minimum atomic E-state index is -1.77. The quantitative estimate of drug-likeness (QED) is 0.00464. The number of hydrogen-bond acceptors (Lipinski definition) is 46. The molecule has 0 aliphatic carbocycles. The summed E-state index contributed by atoms with van der Waals surface area (Å²) in [7, 11) is 5.16. The largest absolute Gasteiger partial charge is 1.00 e. The van der Waals surface area contributed by atoms with Crippen molar-refractivity contribution in [3.63, 3.8) is 0 Å². The smallest absolute Gasteiger partial charge is 0.870 e. The summed E-state index contributed by atoms with van der Waals surface area (Å²) in [5, 5.41) is 169. The van der Waals surface area contributed by atoms with Gasteiger partial charge >= 0.3 is 71.2 Å². The van der Waals surface area contributed by atoms with E-state index in [2.05, 4.69) is 31.9 Å². The van der Waals surface area contributed by atoms with Crippen molar-refractivity contribution in [3.05, 3.63) is 0 Å². The number of amides is 9. The number of aliphatic hydroxyl groups is 14. The molecule has 28 N–H and O–H groups in total. The molecule has 9 amide bonds. The fourth-order valence-corrected chi connectivity index (χ4v) is 14.2. The zero-order valence-corrected chi connectivity index (χ0v) is 75.6. The van der Waals surface area contributed by atoms with Crippen LogP contribution in [-0.4, -0.2) is 432 Å². The van der Waals surface area contributed by atoms with E-state index in [1.54, 1.807) is 18.6 Å². The van der Waals surface area contributed by atoms with Crippen LogP contribution < -0.4 is 119 Å². The Labute approximate surface area is 769 Å². The van der Waals surface area contributed by atoms with E-state index < -0.39 is 305 Å². The van der Waals surface area contributed by atoms with Crippen LogP contribution in [0.25, 0.3) is 0 Å². The third-order valence-electron chi connectivity index (χ3n) is 21.1. The van der Waals surface area contributed by atoms with Crippen molar-refractivity contribution in [2.24, 2.45) is 40.5 Å². The summed E-state index contributed by atoms with van der Waals surface area (Å²) in [5.74, 6) is -4.54. The molecule has 8 aliphatic rings. The first-order valence-electron chi connectivity index (χ1n) is 38.4. The molecule has 16 unspecified atom stereocenters. The molecule has 56 nitrogen and oxygen atoms in total. The van der Waals surface area contributed by atoms with Crippen molar-refractivity contribution in [2.75, 3.05) is 68.1 Å². The molecule has 0 aromatic heterocycles. The van der Waals surface area contributed by atoms with Gasteiger partial charge in [0, 0.05) is 72.9 Å². The second kappa shape index (κ2) is 56.2. The first-order valence-corrected chi connectivity index (χ1v) is 38.4. The first-order chi connectivity index (χ1) is 58.1. The molecule has 0 spiro atoms. The van der Waals surface area contributed by atoms with Crippen LogP contribution in [-0.2, 0) is 124 Å². The van der Waals surface area contributed by atoms with E-state index in [9.17, 15) is 125 Å². The summed E-state index contributed by atoms with van der Waals surface area (Å²) in [6.45, 7) is 8.67. The van der Waals surface area contributed by atoms with Gasteiger partial charge in [0.2, 0.25) is 17.7 Å². The molecular formula is C69H118N11Na2O45-. The molecular weight excluding hydrogens is 1750 g/mol. The van der Waals surface area contributed by atoms with Gasteiger partial charge in [0.1, 0.15) is 141 Å². The molecule has 8 fully saturated rings. The number of aldehydes is 1. The van der Waals surface area contributed by atoms with Crippen molar-refractivity contribution in [3.8, 4) is 0 Å². The van der Waals surface area contributed by atoms with E-state index in [0.29, 0.717) is 6.29 Å². The maximum absolute atomic E-state index is 13.1. The standard InChI is InChI=1S/C34H56N5O20.C18H29NO12.C17H31N5O11.2Na.2H2O/c1-12-16(9-40)54-32(24(47)20(12)43)57-26-14(3)30(51-5)56-18(23(26)46)11-53-8-7-35-38-34(50)39-37-29(49)27-13(2)21(44)25(48)33(58-27)59-28-19(36-15(4)42)31(52-6)55-17(10-41)22(28)45;1-7-11(22)13(24)18(30-14(7)16(25)26)31-15-10(19-8(2)21)17(27-3)29-9(12(15)23)6-28-5-4-20;1-5-9(25)11(27)16(32-12(5)14(28)21-22-17(29)20-18)33-13-8(19-6(2)24)15(30-3)31-7(4-23)10(13)26;;;;/h7,12-14,16-28,30-33,41,43-48H,8,10-11H2,1-6H3,(H,36,42)(H,37,49)(H2,38,39,50);4,7,9-15,17-18,22-24H,5-6H2,1-3H3,(H,19,21)(H,25,26);5,7-13,15-16,23,25-27H,4,18H2,1-3H3,(H,19,24)(H,21,28)(H2,20,22,29);;;2*1H2/q-1;;;2*+1;;/p-2/b35-7+;;;;;;/t12-,13+,14?,16?,17?,18?,19?,20+,21+,22-,23-,24?,25?,26-,27?,28-,30-,31-,32+,33+;7-,9?,10?,11-,12+,13?,14?,15+,17+,18-;5-,7?,8?,9-,10+,11?,12?,13+,15+,16-;;;;/m100..../s1. The van der Waals surface area contributed by atoms with Crippen LogP contribution in [0, 0.1) is 29.6 Å². The number of carboxylic acids is 1. The average Bonchev–Trinajstić information content (AvgIpc) is 0.782. The Morgan fingerprint density at radius 2 is 0.748 bits per heavy atom. The number of aliphatic carboxylic acids is 1. The van der Waals surface area contributed by atoms with Gasteiger partial charge < -0.3 is 203 Å². The number of aliphatic hydroxyl groups excluding tert-OH is 14. The van der Waals surface area contributed by atoms with Gasteiger partial charge in [-0.2, -0.15) is 5.10 Å². The monoisotopic (exact) mass is 1870 g/mol. The number of hydrazine groups is 3. The summed E-state index contributed by atoms with van der Waals surface area (Å²) < 4.78 is 98.9. The maximum atomic E-state index is 13.1. The molecule has 0 aromatic carbocycles. The van der Waals surface area contributed by atoms with Crippen molar-refractivity contribution in [1.82, 2.24) is 48.5 Å². The van der Waals surface area contributed by atoms with Gasteiger partial charge in [0.05, 0.1) is 75.7 Å². The van der Waals surface area contributed by atoms with Gasteiger partial charge in [-0.3, -0.25) is 40.3 Å². The number of hydrogen-bond donors (Lipinski definition) is 24. The number of carbonyl (C=O) groups excluding carboxylic acids is 10. The molecule has 8 rings (SSSR count). The SMILES string of the molecule is CO[C@@H]1OC(CO)[C@@H](O)[C@H](O[C@@H]2OC(C(=O)NNC(=O)NN)[C@@H](C)[C@H](O)C2O)C1NC(C)=O.CO[C@@H]1OC(COC/C=N/NC(=O)NNC(=O)C2O[C@@H](O[C@@H]3C(NC(C)=O)[C@H](OC)OC(CO)[C@H]3O)C(O)[C@@H](O)[C@@H]2C)[C@@H](O)[C@H](O[C@@H]2OC([C-]=O)[C@@H](C)[C@H](O)C2O)C1C.CO[C@@H]1OC(COCC=O)[C@@H](O)[C@H](O[C@@H]2OC(C(=O)[O-])[C@@H](C)[C@H](O)C2O)C1NC(C)=O.O.[Na+].[Na+].[OH-]. The van der Waals surface area contributed by atoms with E-state index in [-0.39, 0.29) is 96.5 Å². The Morgan fingerprint density at radius 1 is 0.425 bits per heavy atom. The minimum Gasteiger partial charge on any atom is -0.870 e. The Kier molecular flexibility index (Phi) is 52.3. The van der Waals surface area contributed by atoms with Crippen LogP contribution in [0.5, 0.6) is 0 Å².